The number of hydrazine groups is 1. The topological polar surface area (TPSA) is 168 Å². The van der Waals surface area contributed by atoms with Crippen LogP contribution in [0.15, 0.2) is 49.2 Å². The summed E-state index contributed by atoms with van der Waals surface area (Å²) in [5.41, 5.74) is 8.76. The number of esters is 1. The van der Waals surface area contributed by atoms with E-state index in [9.17, 15) is 24.0 Å². The normalized spacial score (nSPS) is 23.4. The summed E-state index contributed by atoms with van der Waals surface area (Å²) in [5, 5.41) is 5.57. The van der Waals surface area contributed by atoms with Gasteiger partial charge in [-0.3, -0.25) is 34.0 Å². The Labute approximate surface area is 376 Å². The van der Waals surface area contributed by atoms with Crippen molar-refractivity contribution in [3.05, 3.63) is 60.4 Å². The molecule has 16 heteroatoms. The first-order chi connectivity index (χ1) is 30.6. The fraction of sp³-hybridized carbons (Fsp3) is 0.583. The number of nitrogens with one attached hydrogen (secondary N) is 2. The standard InChI is InChI=1S/C48H66N8O8/c1-9-41(57)54-20-17-31(26-54)45(59)52(7)42(30(3)4)44(58)50-38-24-33-27-53(21-22-63-33)32-15-16-40-35(23-32)36(43(55(40)10-2)34-13-11-18-49-39(34)28-62-8)25-48(5,6)29-64-47(61)37-14-12-19-56(51-37)46(38)60/h9,11,13,15-16,18,23,30-31,33,37-38,42,51H,1,10,12,14,17,19-22,24-29H2,2-8H3,(H,50,58)/t31-,33-,37-,38-,42?/m0/s1. The first-order valence-electron chi connectivity index (χ1n) is 22.8. The number of amides is 4. The molecule has 16 nitrogen and oxygen atoms in total. The molecule has 1 unspecified atom stereocenters. The van der Waals surface area contributed by atoms with Crippen LogP contribution in [-0.2, 0) is 57.8 Å². The smallest absolute Gasteiger partial charge is 0.324 e. The molecule has 3 saturated heterocycles. The molecule has 0 radical (unpaired) electrons. The number of cyclic esters (lactones) is 1. The molecular weight excluding hydrogens is 817 g/mol. The van der Waals surface area contributed by atoms with Crippen molar-refractivity contribution in [3.8, 4) is 11.3 Å². The van der Waals surface area contributed by atoms with Crippen LogP contribution in [0.25, 0.3) is 22.2 Å². The van der Waals surface area contributed by atoms with Gasteiger partial charge >= 0.3 is 5.97 Å². The van der Waals surface area contributed by atoms with E-state index in [1.165, 1.54) is 16.0 Å². The Morgan fingerprint density at radius 2 is 1.92 bits per heavy atom. The van der Waals surface area contributed by atoms with E-state index < -0.39 is 53.3 Å². The Morgan fingerprint density at radius 1 is 1.12 bits per heavy atom. The van der Waals surface area contributed by atoms with Crippen molar-refractivity contribution < 1.29 is 38.2 Å². The third-order valence-corrected chi connectivity index (χ3v) is 13.2. The number of pyridine rings is 1. The van der Waals surface area contributed by atoms with Gasteiger partial charge in [0.15, 0.2) is 0 Å². The van der Waals surface area contributed by atoms with Crippen molar-refractivity contribution >= 4 is 46.2 Å². The van der Waals surface area contributed by atoms with Crippen LogP contribution in [0.4, 0.5) is 5.69 Å². The third-order valence-electron chi connectivity index (χ3n) is 13.2. The van der Waals surface area contributed by atoms with E-state index in [-0.39, 0.29) is 37.3 Å². The first-order valence-corrected chi connectivity index (χ1v) is 22.8. The van der Waals surface area contributed by atoms with E-state index >= 15 is 0 Å². The van der Waals surface area contributed by atoms with Crippen LogP contribution < -0.4 is 15.6 Å². The molecule has 4 aliphatic rings. The molecule has 6 bridgehead atoms. The van der Waals surface area contributed by atoms with Gasteiger partial charge in [-0.25, -0.2) is 5.43 Å². The molecule has 0 aliphatic carbocycles. The highest BCUT2D eigenvalue weighted by Gasteiger charge is 2.41. The number of likely N-dealkylation sites (N-methyl/N-ethyl adjacent to an activating group) is 1. The molecule has 0 saturated carbocycles. The van der Waals surface area contributed by atoms with Gasteiger partial charge < -0.3 is 38.8 Å². The number of aromatic nitrogens is 2. The number of aryl methyl sites for hydroxylation is 1. The predicted molar refractivity (Wildman–Crippen MR) is 243 cm³/mol. The molecule has 2 N–H and O–H groups in total. The summed E-state index contributed by atoms with van der Waals surface area (Å²) >= 11 is 0. The highest BCUT2D eigenvalue weighted by Crippen LogP contribution is 2.41. The largest absolute Gasteiger partial charge is 0.464 e. The molecule has 2 aromatic heterocycles. The Bertz CT molecular complexity index is 2240. The average Bonchev–Trinajstić information content (AvgIpc) is 3.90. The number of methoxy groups -OCH3 is 1. The number of morpholine rings is 1. The summed E-state index contributed by atoms with van der Waals surface area (Å²) in [4.78, 5) is 79.2. The maximum atomic E-state index is 14.7. The van der Waals surface area contributed by atoms with E-state index in [4.69, 9.17) is 19.2 Å². The number of carbonyl (C=O) groups excluding carboxylic acids is 5. The van der Waals surface area contributed by atoms with Gasteiger partial charge in [-0.05, 0) is 80.5 Å². The minimum Gasteiger partial charge on any atom is -0.464 e. The fourth-order valence-corrected chi connectivity index (χ4v) is 10.0. The molecule has 7 rings (SSSR count). The quantitative estimate of drug-likeness (QED) is 0.223. The summed E-state index contributed by atoms with van der Waals surface area (Å²) < 4.78 is 20.4. The molecule has 3 fully saturated rings. The van der Waals surface area contributed by atoms with Gasteiger partial charge in [-0.1, -0.05) is 34.3 Å². The second-order valence-electron chi connectivity index (χ2n) is 18.8. The zero-order chi connectivity index (χ0) is 45.9. The molecule has 4 aliphatic heterocycles. The van der Waals surface area contributed by atoms with E-state index in [1.54, 1.807) is 25.3 Å². The van der Waals surface area contributed by atoms with Crippen LogP contribution in [0, 0.1) is 17.3 Å². The lowest BCUT2D eigenvalue weighted by atomic mass is 9.84. The lowest BCUT2D eigenvalue weighted by Crippen LogP contribution is -2.62. The van der Waals surface area contributed by atoms with Crippen LogP contribution in [0.3, 0.4) is 0 Å². The molecule has 1 aromatic carbocycles. The monoisotopic (exact) mass is 883 g/mol. The van der Waals surface area contributed by atoms with Crippen LogP contribution in [0.1, 0.15) is 71.6 Å². The van der Waals surface area contributed by atoms with E-state index in [0.717, 1.165) is 39.1 Å². The maximum absolute atomic E-state index is 14.7. The number of hydrogen-bond acceptors (Lipinski definition) is 11. The van der Waals surface area contributed by atoms with Gasteiger partial charge in [0.2, 0.25) is 17.7 Å². The molecule has 6 heterocycles. The fourth-order valence-electron chi connectivity index (χ4n) is 10.0. The zero-order valence-electron chi connectivity index (χ0n) is 38.6. The predicted octanol–water partition coefficient (Wildman–Crippen LogP) is 4.09. The van der Waals surface area contributed by atoms with E-state index in [2.05, 4.69) is 71.8 Å². The molecule has 0 spiro atoms. The van der Waals surface area contributed by atoms with Gasteiger partial charge in [0.25, 0.3) is 5.91 Å². The summed E-state index contributed by atoms with van der Waals surface area (Å²) in [6.07, 6.45) is 4.83. The number of carbonyl (C=O) groups is 5. The third kappa shape index (κ3) is 9.83. The molecule has 64 heavy (non-hydrogen) atoms. The Morgan fingerprint density at radius 3 is 2.66 bits per heavy atom. The van der Waals surface area contributed by atoms with Crippen molar-refractivity contribution in [3.63, 3.8) is 0 Å². The lowest BCUT2D eigenvalue weighted by molar-refractivity contribution is -0.156. The Hall–Kier alpha value is -5.32. The SMILES string of the molecule is C=CC(=O)N1CC[C@H](C(=O)N(C)C(C(=O)N[C@H]2C[C@H]3CN(CCO3)c3ccc4c(c3)c(c(-c3cccnc3COC)n4CC)CC(C)(C)COC(=O)[C@@H]3CCCN(N3)C2=O)C(C)C)C1. The number of fused-ring (bicyclic) bond motifs is 6. The minimum absolute atomic E-state index is 0.143. The summed E-state index contributed by atoms with van der Waals surface area (Å²) in [7, 11) is 3.28. The summed E-state index contributed by atoms with van der Waals surface area (Å²) in [6.45, 7) is 17.4. The molecular formula is C48H66N8O8. The Kier molecular flexibility index (Phi) is 14.5. The van der Waals surface area contributed by atoms with Gasteiger partial charge in [0, 0.05) is 93.6 Å². The van der Waals surface area contributed by atoms with Gasteiger partial charge in [-0.15, -0.1) is 0 Å². The van der Waals surface area contributed by atoms with Crippen molar-refractivity contribution in [1.29, 1.82) is 0 Å². The summed E-state index contributed by atoms with van der Waals surface area (Å²) in [5.74, 6) is -2.57. The van der Waals surface area contributed by atoms with Crippen LogP contribution in [0.2, 0.25) is 0 Å². The average molecular weight is 883 g/mol. The van der Waals surface area contributed by atoms with Crippen LogP contribution in [0.5, 0.6) is 0 Å². The molecule has 5 atom stereocenters. The first kappa shape index (κ1) is 46.7. The second kappa shape index (κ2) is 19.8. The lowest BCUT2D eigenvalue weighted by Gasteiger charge is -2.39. The number of rotatable bonds is 10. The minimum atomic E-state index is -1.05. The van der Waals surface area contributed by atoms with Crippen molar-refractivity contribution in [2.24, 2.45) is 17.3 Å². The van der Waals surface area contributed by atoms with Gasteiger partial charge in [-0.2, -0.15) is 0 Å². The summed E-state index contributed by atoms with van der Waals surface area (Å²) in [6, 6.07) is 7.86. The number of nitrogens with zero attached hydrogens (tertiary/aromatic N) is 6. The van der Waals surface area contributed by atoms with Gasteiger partial charge in [0.1, 0.15) is 18.1 Å². The number of anilines is 1. The van der Waals surface area contributed by atoms with E-state index in [1.807, 2.05) is 19.9 Å². The number of benzene rings is 1. The second-order valence-corrected chi connectivity index (χ2v) is 18.8. The molecule has 346 valence electrons. The van der Waals surface area contributed by atoms with Crippen LogP contribution in [-0.4, -0.2) is 138 Å². The molecule has 4 amide bonds. The van der Waals surface area contributed by atoms with Gasteiger partial charge in [0.05, 0.1) is 43.2 Å². The highest BCUT2D eigenvalue weighted by atomic mass is 16.5. The zero-order valence-corrected chi connectivity index (χ0v) is 38.6. The van der Waals surface area contributed by atoms with Crippen molar-refractivity contribution in [2.75, 3.05) is 65.0 Å². The molecule has 3 aromatic rings. The van der Waals surface area contributed by atoms with E-state index in [0.29, 0.717) is 71.6 Å². The van der Waals surface area contributed by atoms with Crippen LogP contribution >= 0.6 is 0 Å². The highest BCUT2D eigenvalue weighted by molar-refractivity contribution is 5.95. The van der Waals surface area contributed by atoms with Crippen molar-refractivity contribution in [1.82, 2.24) is 35.1 Å². The maximum Gasteiger partial charge on any atom is 0.324 e. The number of hydrogen-bond donors (Lipinski definition) is 2. The van der Waals surface area contributed by atoms with Crippen molar-refractivity contribution in [2.45, 2.75) is 104 Å². The number of ether oxygens (including phenoxy) is 3. The number of likely N-dealkylation sites (tertiary alicyclic amines) is 1. The Balaban J connectivity index is 1.24.